The molecule has 0 saturated carbocycles. The quantitative estimate of drug-likeness (QED) is 0.284. The molecule has 1 unspecified atom stereocenters. The van der Waals surface area contributed by atoms with Gasteiger partial charge in [0, 0.05) is 36.1 Å². The Labute approximate surface area is 204 Å². The Hall–Kier alpha value is -3.31. The number of rotatable bonds is 8. The van der Waals surface area contributed by atoms with Gasteiger partial charge in [0.25, 0.3) is 0 Å². The second kappa shape index (κ2) is 9.90. The zero-order valence-electron chi connectivity index (χ0n) is 19.3. The predicted octanol–water partition coefficient (Wildman–Crippen LogP) is 6.24. The Morgan fingerprint density at radius 3 is 2.68 bits per heavy atom. The van der Waals surface area contributed by atoms with Crippen LogP contribution in [0.3, 0.4) is 0 Å². The number of hydrogen-bond acceptors (Lipinski definition) is 3. The third-order valence-corrected chi connectivity index (χ3v) is 6.66. The molecule has 1 aliphatic heterocycles. The van der Waals surface area contributed by atoms with Crippen LogP contribution in [0, 0.1) is 0 Å². The molecule has 1 aromatic heterocycles. The minimum atomic E-state index is 0.0291. The van der Waals surface area contributed by atoms with Crippen LogP contribution in [0.2, 0.25) is 5.02 Å². The number of aryl methyl sites for hydroxylation is 2. The average Bonchev–Trinajstić information content (AvgIpc) is 3.42. The summed E-state index contributed by atoms with van der Waals surface area (Å²) in [6.45, 7) is 4.15. The standard InChI is InChI=1S/C28H28ClN3O2/c1-2-20-11-13-24(14-12-20)34-16-6-15-31-26-10-4-3-9-25(26)30-28(31)21-17-27(33)32(19-21)23-8-5-7-22(29)18-23/h3-5,7-14,18,21H,2,6,15-17,19H2,1H3. The van der Waals surface area contributed by atoms with Crippen LogP contribution in [-0.4, -0.2) is 28.6 Å². The maximum Gasteiger partial charge on any atom is 0.227 e. The molecule has 174 valence electrons. The summed E-state index contributed by atoms with van der Waals surface area (Å²) in [7, 11) is 0. The van der Waals surface area contributed by atoms with Gasteiger partial charge in [-0.3, -0.25) is 4.79 Å². The van der Waals surface area contributed by atoms with E-state index < -0.39 is 0 Å². The molecule has 5 nitrogen and oxygen atoms in total. The number of halogens is 1. The van der Waals surface area contributed by atoms with Crippen molar-refractivity contribution in [1.29, 1.82) is 0 Å². The summed E-state index contributed by atoms with van der Waals surface area (Å²) in [5.41, 5.74) is 4.20. The van der Waals surface area contributed by atoms with Gasteiger partial charge in [0.05, 0.1) is 17.6 Å². The number of nitrogens with zero attached hydrogens (tertiary/aromatic N) is 3. The summed E-state index contributed by atoms with van der Waals surface area (Å²) in [5.74, 6) is 1.99. The van der Waals surface area contributed by atoms with Gasteiger partial charge in [0.2, 0.25) is 5.91 Å². The van der Waals surface area contributed by atoms with Gasteiger partial charge in [-0.25, -0.2) is 4.98 Å². The number of para-hydroxylation sites is 2. The van der Waals surface area contributed by atoms with Gasteiger partial charge in [-0.1, -0.05) is 48.9 Å². The van der Waals surface area contributed by atoms with Gasteiger partial charge in [-0.2, -0.15) is 0 Å². The molecule has 0 radical (unpaired) electrons. The molecule has 0 spiro atoms. The van der Waals surface area contributed by atoms with Crippen LogP contribution >= 0.6 is 11.6 Å². The Bertz CT molecular complexity index is 1300. The van der Waals surface area contributed by atoms with Crippen LogP contribution in [0.25, 0.3) is 11.0 Å². The smallest absolute Gasteiger partial charge is 0.227 e. The maximum atomic E-state index is 12.9. The van der Waals surface area contributed by atoms with Crippen LogP contribution in [0.1, 0.15) is 37.1 Å². The number of ether oxygens (including phenoxy) is 1. The number of amides is 1. The summed E-state index contributed by atoms with van der Waals surface area (Å²) < 4.78 is 8.24. The SMILES string of the molecule is CCc1ccc(OCCCn2c(C3CC(=O)N(c4cccc(Cl)c4)C3)nc3ccccc32)cc1. The van der Waals surface area contributed by atoms with Crippen LogP contribution in [-0.2, 0) is 17.8 Å². The van der Waals surface area contributed by atoms with Crippen molar-refractivity contribution in [1.82, 2.24) is 9.55 Å². The first-order valence-electron chi connectivity index (χ1n) is 11.8. The van der Waals surface area contributed by atoms with E-state index in [0.29, 0.717) is 24.6 Å². The highest BCUT2D eigenvalue weighted by Gasteiger charge is 2.34. The number of benzene rings is 3. The minimum absolute atomic E-state index is 0.0291. The molecule has 2 heterocycles. The lowest BCUT2D eigenvalue weighted by Crippen LogP contribution is -2.24. The number of hydrogen-bond donors (Lipinski definition) is 0. The Kier molecular flexibility index (Phi) is 6.54. The van der Waals surface area contributed by atoms with Crippen molar-refractivity contribution in [3.05, 3.63) is 89.2 Å². The molecular weight excluding hydrogens is 446 g/mol. The number of anilines is 1. The summed E-state index contributed by atoms with van der Waals surface area (Å²) >= 11 is 6.17. The van der Waals surface area contributed by atoms with Crippen molar-refractivity contribution in [3.8, 4) is 5.75 Å². The first kappa shape index (κ1) is 22.5. The van der Waals surface area contributed by atoms with Crippen LogP contribution in [0.5, 0.6) is 5.75 Å². The van der Waals surface area contributed by atoms with Crippen molar-refractivity contribution in [2.24, 2.45) is 0 Å². The van der Waals surface area contributed by atoms with Gasteiger partial charge in [0.1, 0.15) is 11.6 Å². The van der Waals surface area contributed by atoms with E-state index in [2.05, 4.69) is 29.7 Å². The van der Waals surface area contributed by atoms with Gasteiger partial charge in [-0.15, -0.1) is 0 Å². The molecule has 1 fully saturated rings. The van der Waals surface area contributed by atoms with E-state index in [4.69, 9.17) is 21.3 Å². The number of imidazole rings is 1. The molecule has 0 bridgehead atoms. The normalized spacial score (nSPS) is 15.9. The van der Waals surface area contributed by atoms with Crippen molar-refractivity contribution in [2.75, 3.05) is 18.1 Å². The molecule has 1 amide bonds. The lowest BCUT2D eigenvalue weighted by molar-refractivity contribution is -0.117. The minimum Gasteiger partial charge on any atom is -0.494 e. The van der Waals surface area contributed by atoms with E-state index in [1.807, 2.05) is 59.5 Å². The Morgan fingerprint density at radius 2 is 1.88 bits per heavy atom. The van der Waals surface area contributed by atoms with Gasteiger partial charge in [-0.05, 0) is 60.9 Å². The number of fused-ring (bicyclic) bond motifs is 1. The largest absolute Gasteiger partial charge is 0.494 e. The Morgan fingerprint density at radius 1 is 1.06 bits per heavy atom. The highest BCUT2D eigenvalue weighted by Crippen LogP contribution is 2.34. The third-order valence-electron chi connectivity index (χ3n) is 6.42. The highest BCUT2D eigenvalue weighted by molar-refractivity contribution is 6.30. The second-order valence-electron chi connectivity index (χ2n) is 8.70. The molecule has 5 rings (SSSR count). The molecule has 1 atom stereocenters. The van der Waals surface area contributed by atoms with Crippen molar-refractivity contribution in [2.45, 2.75) is 38.6 Å². The molecule has 1 saturated heterocycles. The van der Waals surface area contributed by atoms with Crippen LogP contribution in [0.4, 0.5) is 5.69 Å². The average molecular weight is 474 g/mol. The van der Waals surface area contributed by atoms with E-state index in [1.54, 1.807) is 0 Å². The molecule has 0 N–H and O–H groups in total. The third kappa shape index (κ3) is 4.66. The zero-order valence-corrected chi connectivity index (χ0v) is 20.0. The topological polar surface area (TPSA) is 47.4 Å². The van der Waals surface area contributed by atoms with Crippen LogP contribution < -0.4 is 9.64 Å². The van der Waals surface area contributed by atoms with Crippen molar-refractivity contribution < 1.29 is 9.53 Å². The van der Waals surface area contributed by atoms with E-state index in [0.717, 1.165) is 47.7 Å². The summed E-state index contributed by atoms with van der Waals surface area (Å²) in [6, 6.07) is 23.9. The first-order chi connectivity index (χ1) is 16.6. The van der Waals surface area contributed by atoms with E-state index >= 15 is 0 Å². The summed E-state index contributed by atoms with van der Waals surface area (Å²) in [4.78, 5) is 19.7. The van der Waals surface area contributed by atoms with Crippen LogP contribution in [0.15, 0.2) is 72.8 Å². The monoisotopic (exact) mass is 473 g/mol. The van der Waals surface area contributed by atoms with E-state index in [1.165, 1.54) is 5.56 Å². The number of aromatic nitrogens is 2. The highest BCUT2D eigenvalue weighted by atomic mass is 35.5. The fourth-order valence-electron chi connectivity index (χ4n) is 4.65. The zero-order chi connectivity index (χ0) is 23.5. The number of carbonyl (C=O) groups is 1. The number of carbonyl (C=O) groups excluding carboxylic acids is 1. The second-order valence-corrected chi connectivity index (χ2v) is 9.13. The molecule has 34 heavy (non-hydrogen) atoms. The van der Waals surface area contributed by atoms with E-state index in [9.17, 15) is 4.79 Å². The molecular formula is C28H28ClN3O2. The lowest BCUT2D eigenvalue weighted by atomic mass is 10.1. The van der Waals surface area contributed by atoms with Gasteiger partial charge in [0.15, 0.2) is 0 Å². The summed E-state index contributed by atoms with van der Waals surface area (Å²) in [6.07, 6.45) is 2.31. The van der Waals surface area contributed by atoms with Gasteiger partial charge >= 0.3 is 0 Å². The maximum absolute atomic E-state index is 12.9. The van der Waals surface area contributed by atoms with E-state index in [-0.39, 0.29) is 11.8 Å². The first-order valence-corrected chi connectivity index (χ1v) is 12.2. The summed E-state index contributed by atoms with van der Waals surface area (Å²) in [5, 5.41) is 0.630. The molecule has 6 heteroatoms. The van der Waals surface area contributed by atoms with Gasteiger partial charge < -0.3 is 14.2 Å². The fourth-order valence-corrected chi connectivity index (χ4v) is 4.83. The molecule has 0 aliphatic carbocycles. The molecule has 3 aromatic carbocycles. The Balaban J connectivity index is 1.32. The fraction of sp³-hybridized carbons (Fsp3) is 0.286. The van der Waals surface area contributed by atoms with Crippen molar-refractivity contribution >= 4 is 34.2 Å². The lowest BCUT2D eigenvalue weighted by Gasteiger charge is -2.18. The predicted molar refractivity (Wildman–Crippen MR) is 137 cm³/mol. The molecule has 4 aromatic rings. The molecule has 1 aliphatic rings. The van der Waals surface area contributed by atoms with Crippen molar-refractivity contribution in [3.63, 3.8) is 0 Å².